The van der Waals surface area contributed by atoms with Gasteiger partial charge in [-0.1, -0.05) is 25.8 Å². The normalized spacial score (nSPS) is 15.0. The number of nitrogens with zero attached hydrogens (tertiary/aromatic N) is 3. The van der Waals surface area contributed by atoms with Crippen molar-refractivity contribution in [1.82, 2.24) is 19.5 Å². The average Bonchev–Trinajstić information content (AvgIpc) is 3.23. The zero-order valence-corrected chi connectivity index (χ0v) is 14.7. The van der Waals surface area contributed by atoms with E-state index in [1.54, 1.807) is 18.2 Å². The molecule has 7 nitrogen and oxygen atoms in total. The maximum Gasteiger partial charge on any atom is 0.304 e. The summed E-state index contributed by atoms with van der Waals surface area (Å²) in [5, 5.41) is 9.55. The third-order valence-electron chi connectivity index (χ3n) is 4.82. The summed E-state index contributed by atoms with van der Waals surface area (Å²) in [5.41, 5.74) is 0.673. The van der Waals surface area contributed by atoms with E-state index in [1.807, 2.05) is 4.57 Å². The first-order chi connectivity index (χ1) is 12.7. The standard InChI is InChI=1S/C19H22N4O3/c1-2-10-23-15-16(20-17(23)12-6-3-4-7-12)21-19(22-18(15)25)26-14-9-5-8-13(24)11-14/h5,8-9,11-12,24H,2-4,6-7,10H2,1H3,(H,21,22,25). The first-order valence-corrected chi connectivity index (χ1v) is 9.13. The van der Waals surface area contributed by atoms with Crippen LogP contribution < -0.4 is 10.3 Å². The van der Waals surface area contributed by atoms with E-state index >= 15 is 0 Å². The molecule has 0 spiro atoms. The van der Waals surface area contributed by atoms with E-state index in [0.29, 0.717) is 22.8 Å². The summed E-state index contributed by atoms with van der Waals surface area (Å²) in [6, 6.07) is 6.43. The Balaban J connectivity index is 1.77. The second-order valence-electron chi connectivity index (χ2n) is 6.75. The number of imidazole rings is 1. The number of fused-ring (bicyclic) bond motifs is 1. The maximum absolute atomic E-state index is 12.7. The average molecular weight is 354 g/mol. The van der Waals surface area contributed by atoms with Crippen molar-refractivity contribution in [3.05, 3.63) is 40.4 Å². The molecule has 0 aliphatic heterocycles. The van der Waals surface area contributed by atoms with Crippen LogP contribution in [0.1, 0.15) is 50.8 Å². The fourth-order valence-corrected chi connectivity index (χ4v) is 3.69. The highest BCUT2D eigenvalue weighted by atomic mass is 16.5. The molecule has 0 saturated heterocycles. The van der Waals surface area contributed by atoms with Crippen LogP contribution in [0.5, 0.6) is 17.5 Å². The number of benzene rings is 1. The minimum absolute atomic E-state index is 0.0761. The van der Waals surface area contributed by atoms with Crippen LogP contribution in [0, 0.1) is 0 Å². The van der Waals surface area contributed by atoms with E-state index in [-0.39, 0.29) is 17.3 Å². The van der Waals surface area contributed by atoms with Crippen LogP contribution in [0.25, 0.3) is 11.2 Å². The molecule has 2 N–H and O–H groups in total. The summed E-state index contributed by atoms with van der Waals surface area (Å²) in [6.07, 6.45) is 5.55. The van der Waals surface area contributed by atoms with Gasteiger partial charge in [0.25, 0.3) is 5.56 Å². The largest absolute Gasteiger partial charge is 0.508 e. The number of nitrogens with one attached hydrogen (secondary N) is 1. The molecule has 2 aromatic heterocycles. The third-order valence-corrected chi connectivity index (χ3v) is 4.82. The summed E-state index contributed by atoms with van der Waals surface area (Å²) in [5.74, 6) is 1.84. The van der Waals surface area contributed by atoms with Gasteiger partial charge >= 0.3 is 6.01 Å². The van der Waals surface area contributed by atoms with Gasteiger partial charge in [0.2, 0.25) is 0 Å². The van der Waals surface area contributed by atoms with Gasteiger partial charge in [0.1, 0.15) is 17.3 Å². The van der Waals surface area contributed by atoms with E-state index in [9.17, 15) is 9.90 Å². The van der Waals surface area contributed by atoms with Crippen LogP contribution in [0.2, 0.25) is 0 Å². The first kappa shape index (κ1) is 16.6. The number of aromatic amines is 1. The molecule has 1 aliphatic rings. The first-order valence-electron chi connectivity index (χ1n) is 9.13. The molecule has 0 unspecified atom stereocenters. The lowest BCUT2D eigenvalue weighted by Crippen LogP contribution is -2.15. The molecule has 1 aromatic carbocycles. The highest BCUT2D eigenvalue weighted by Crippen LogP contribution is 2.34. The number of phenolic OH excluding ortho intramolecular Hbond substituents is 1. The second-order valence-corrected chi connectivity index (χ2v) is 6.75. The number of aryl methyl sites for hydroxylation is 1. The van der Waals surface area contributed by atoms with E-state index in [2.05, 4.69) is 16.9 Å². The number of hydrogen-bond donors (Lipinski definition) is 2. The van der Waals surface area contributed by atoms with Crippen molar-refractivity contribution in [3.8, 4) is 17.5 Å². The Morgan fingerprint density at radius 3 is 2.85 bits per heavy atom. The molecule has 4 rings (SSSR count). The number of phenols is 1. The van der Waals surface area contributed by atoms with Gasteiger partial charge in [-0.15, -0.1) is 0 Å². The fourth-order valence-electron chi connectivity index (χ4n) is 3.69. The second kappa shape index (κ2) is 6.82. The minimum atomic E-state index is -0.254. The SMILES string of the molecule is CCCn1c(C2CCCC2)nc2nc(Oc3cccc(O)c3)[nH]c(=O)c21. The molecule has 3 aromatic rings. The fraction of sp³-hybridized carbons (Fsp3) is 0.421. The third kappa shape index (κ3) is 3.05. The lowest BCUT2D eigenvalue weighted by Gasteiger charge is -2.12. The van der Waals surface area contributed by atoms with E-state index in [0.717, 1.165) is 31.6 Å². The van der Waals surface area contributed by atoms with Gasteiger partial charge < -0.3 is 14.4 Å². The highest BCUT2D eigenvalue weighted by molar-refractivity contribution is 5.71. The summed E-state index contributed by atoms with van der Waals surface area (Å²) < 4.78 is 7.63. The van der Waals surface area contributed by atoms with Crippen molar-refractivity contribution in [3.63, 3.8) is 0 Å². The monoisotopic (exact) mass is 354 g/mol. The maximum atomic E-state index is 12.7. The van der Waals surface area contributed by atoms with Gasteiger partial charge in [-0.2, -0.15) is 4.98 Å². The Bertz CT molecular complexity index is 986. The van der Waals surface area contributed by atoms with Crippen LogP contribution in [-0.2, 0) is 6.54 Å². The molecule has 26 heavy (non-hydrogen) atoms. The van der Waals surface area contributed by atoms with Crippen molar-refractivity contribution in [2.45, 2.75) is 51.5 Å². The molecule has 2 heterocycles. The molecule has 1 aliphatic carbocycles. The van der Waals surface area contributed by atoms with Gasteiger partial charge in [-0.05, 0) is 31.4 Å². The number of H-pyrrole nitrogens is 1. The van der Waals surface area contributed by atoms with Gasteiger partial charge in [0.15, 0.2) is 11.2 Å². The zero-order chi connectivity index (χ0) is 18.1. The lowest BCUT2D eigenvalue weighted by atomic mass is 10.1. The summed E-state index contributed by atoms with van der Waals surface area (Å²) in [4.78, 5) is 24.5. The Morgan fingerprint density at radius 1 is 1.31 bits per heavy atom. The zero-order valence-electron chi connectivity index (χ0n) is 14.7. The predicted octanol–water partition coefficient (Wildman–Crippen LogP) is 3.69. The molecule has 1 fully saturated rings. The predicted molar refractivity (Wildman–Crippen MR) is 97.8 cm³/mol. The Kier molecular flexibility index (Phi) is 4.36. The number of aromatic nitrogens is 4. The molecule has 7 heteroatoms. The Hall–Kier alpha value is -2.83. The number of hydrogen-bond acceptors (Lipinski definition) is 5. The van der Waals surface area contributed by atoms with Gasteiger partial charge in [-0.3, -0.25) is 9.78 Å². The lowest BCUT2D eigenvalue weighted by molar-refractivity contribution is 0.431. The van der Waals surface area contributed by atoms with Gasteiger partial charge in [0.05, 0.1) is 0 Å². The topological polar surface area (TPSA) is 93.0 Å². The molecular formula is C19H22N4O3. The van der Waals surface area contributed by atoms with Crippen LogP contribution >= 0.6 is 0 Å². The van der Waals surface area contributed by atoms with Crippen LogP contribution in [0.4, 0.5) is 0 Å². The van der Waals surface area contributed by atoms with Crippen molar-refractivity contribution in [2.75, 3.05) is 0 Å². The summed E-state index contributed by atoms with van der Waals surface area (Å²) in [6.45, 7) is 2.84. The Labute approximate surface area is 150 Å². The molecular weight excluding hydrogens is 332 g/mol. The number of aromatic hydroxyl groups is 1. The number of ether oxygens (including phenoxy) is 1. The van der Waals surface area contributed by atoms with Crippen LogP contribution in [-0.4, -0.2) is 24.6 Å². The molecule has 1 saturated carbocycles. The van der Waals surface area contributed by atoms with Crippen LogP contribution in [0.15, 0.2) is 29.1 Å². The van der Waals surface area contributed by atoms with Crippen LogP contribution in [0.3, 0.4) is 0 Å². The quantitative estimate of drug-likeness (QED) is 0.729. The highest BCUT2D eigenvalue weighted by Gasteiger charge is 2.25. The van der Waals surface area contributed by atoms with Crippen molar-refractivity contribution < 1.29 is 9.84 Å². The van der Waals surface area contributed by atoms with E-state index < -0.39 is 0 Å². The van der Waals surface area contributed by atoms with Crippen molar-refractivity contribution in [1.29, 1.82) is 0 Å². The van der Waals surface area contributed by atoms with E-state index in [1.165, 1.54) is 18.9 Å². The minimum Gasteiger partial charge on any atom is -0.508 e. The van der Waals surface area contributed by atoms with Gasteiger partial charge in [0, 0.05) is 18.5 Å². The molecule has 0 bridgehead atoms. The van der Waals surface area contributed by atoms with Crippen molar-refractivity contribution >= 4 is 11.2 Å². The summed E-state index contributed by atoms with van der Waals surface area (Å²) >= 11 is 0. The smallest absolute Gasteiger partial charge is 0.304 e. The van der Waals surface area contributed by atoms with E-state index in [4.69, 9.17) is 9.72 Å². The Morgan fingerprint density at radius 2 is 2.12 bits per heavy atom. The molecule has 0 amide bonds. The number of rotatable bonds is 5. The molecule has 0 radical (unpaired) electrons. The van der Waals surface area contributed by atoms with Gasteiger partial charge in [-0.25, -0.2) is 4.98 Å². The molecule has 136 valence electrons. The van der Waals surface area contributed by atoms with Crippen molar-refractivity contribution in [2.24, 2.45) is 0 Å². The molecule has 0 atom stereocenters. The summed E-state index contributed by atoms with van der Waals surface area (Å²) in [7, 11) is 0.